The van der Waals surface area contributed by atoms with Gasteiger partial charge < -0.3 is 14.8 Å². The fraction of sp³-hybridized carbons (Fsp3) is 0.243. The predicted molar refractivity (Wildman–Crippen MR) is 170 cm³/mol. The molecule has 0 saturated carbocycles. The van der Waals surface area contributed by atoms with Crippen LogP contribution in [0.4, 0.5) is 13.2 Å². The van der Waals surface area contributed by atoms with Crippen LogP contribution >= 0.6 is 0 Å². The van der Waals surface area contributed by atoms with Crippen molar-refractivity contribution in [1.29, 1.82) is 0 Å². The van der Waals surface area contributed by atoms with Crippen LogP contribution in [0.5, 0.6) is 0 Å². The van der Waals surface area contributed by atoms with Crippen LogP contribution in [-0.4, -0.2) is 45.7 Å². The highest BCUT2D eigenvalue weighted by molar-refractivity contribution is 5.91. The van der Waals surface area contributed by atoms with Gasteiger partial charge >= 0.3 is 6.18 Å². The number of amides is 2. The number of hydrogen-bond donors (Lipinski definition) is 1. The number of alkyl halides is 3. The molecule has 0 atom stereocenters. The average molecular weight is 612 g/mol. The van der Waals surface area contributed by atoms with E-state index in [9.17, 15) is 22.8 Å². The zero-order chi connectivity index (χ0) is 32.0. The highest BCUT2D eigenvalue weighted by atomic mass is 19.4. The summed E-state index contributed by atoms with van der Waals surface area (Å²) in [6.07, 6.45) is -2.00. The van der Waals surface area contributed by atoms with Crippen LogP contribution in [0, 0.1) is 0 Å². The Bertz CT molecular complexity index is 1680. The predicted octanol–water partition coefficient (Wildman–Crippen LogP) is 7.83. The Hall–Kier alpha value is -4.85. The molecule has 0 radical (unpaired) electrons. The monoisotopic (exact) mass is 611 g/mol. The largest absolute Gasteiger partial charge is 0.416 e. The Morgan fingerprint density at radius 3 is 1.93 bits per heavy atom. The van der Waals surface area contributed by atoms with Gasteiger partial charge in [-0.1, -0.05) is 91.0 Å². The molecule has 5 rings (SSSR count). The molecule has 0 spiro atoms. The standard InChI is InChI=1S/C37H36F3N3O2/c1-26(2)43(36(45)35(28-11-5-3-6-12-28)29-13-7-4-8-14-29)25-34(44)42(24-27-17-19-31(20-18-27)37(38,39)40)22-21-30-23-41-33-16-10-9-15-32(30)33/h3-20,23,26,35,41H,21-22,24-25H2,1-2H3. The highest BCUT2D eigenvalue weighted by Gasteiger charge is 2.32. The fourth-order valence-corrected chi connectivity index (χ4v) is 5.60. The van der Waals surface area contributed by atoms with Crippen LogP contribution < -0.4 is 0 Å². The van der Waals surface area contributed by atoms with Crippen molar-refractivity contribution in [2.75, 3.05) is 13.1 Å². The first-order chi connectivity index (χ1) is 21.6. The summed E-state index contributed by atoms with van der Waals surface area (Å²) in [6, 6.07) is 31.5. The Balaban J connectivity index is 1.42. The SMILES string of the molecule is CC(C)N(CC(=O)N(CCc1c[nH]c2ccccc12)Cc1ccc(C(F)(F)F)cc1)C(=O)C(c1ccccc1)c1ccccc1. The minimum absolute atomic E-state index is 0.111. The highest BCUT2D eigenvalue weighted by Crippen LogP contribution is 2.30. The summed E-state index contributed by atoms with van der Waals surface area (Å²) < 4.78 is 39.6. The zero-order valence-electron chi connectivity index (χ0n) is 25.3. The van der Waals surface area contributed by atoms with Crippen molar-refractivity contribution in [3.63, 3.8) is 0 Å². The number of hydrogen-bond acceptors (Lipinski definition) is 2. The van der Waals surface area contributed by atoms with Crippen LogP contribution in [-0.2, 0) is 28.7 Å². The number of nitrogens with zero attached hydrogens (tertiary/aromatic N) is 2. The van der Waals surface area contributed by atoms with Crippen LogP contribution in [0.3, 0.4) is 0 Å². The van der Waals surface area contributed by atoms with Crippen molar-refractivity contribution in [3.8, 4) is 0 Å². The van der Waals surface area contributed by atoms with E-state index in [-0.39, 0.29) is 30.9 Å². The van der Waals surface area contributed by atoms with Gasteiger partial charge in [0.2, 0.25) is 11.8 Å². The van der Waals surface area contributed by atoms with Crippen molar-refractivity contribution >= 4 is 22.7 Å². The van der Waals surface area contributed by atoms with Crippen molar-refractivity contribution in [2.24, 2.45) is 0 Å². The van der Waals surface area contributed by atoms with E-state index in [1.165, 1.54) is 12.1 Å². The first-order valence-electron chi connectivity index (χ1n) is 15.0. The molecule has 1 aromatic heterocycles. The molecule has 2 amide bonds. The summed E-state index contributed by atoms with van der Waals surface area (Å²) in [5, 5.41) is 1.05. The van der Waals surface area contributed by atoms with E-state index in [1.807, 2.05) is 105 Å². The van der Waals surface area contributed by atoms with E-state index < -0.39 is 17.7 Å². The van der Waals surface area contributed by atoms with Gasteiger partial charge in [0, 0.05) is 36.2 Å². The number of para-hydroxylation sites is 1. The van der Waals surface area contributed by atoms with Gasteiger partial charge in [0.05, 0.1) is 11.5 Å². The lowest BCUT2D eigenvalue weighted by Crippen LogP contribution is -2.47. The van der Waals surface area contributed by atoms with Crippen LogP contribution in [0.15, 0.2) is 115 Å². The molecule has 232 valence electrons. The summed E-state index contributed by atoms with van der Waals surface area (Å²) in [5.74, 6) is -1.07. The van der Waals surface area contributed by atoms with Crippen LogP contribution in [0.1, 0.15) is 47.6 Å². The van der Waals surface area contributed by atoms with E-state index in [2.05, 4.69) is 4.98 Å². The third-order valence-corrected chi connectivity index (χ3v) is 8.06. The molecule has 0 unspecified atom stereocenters. The topological polar surface area (TPSA) is 56.4 Å². The van der Waals surface area contributed by atoms with Crippen LogP contribution in [0.2, 0.25) is 0 Å². The maximum atomic E-state index is 14.3. The lowest BCUT2D eigenvalue weighted by molar-refractivity contribution is -0.142. The average Bonchev–Trinajstić information content (AvgIpc) is 3.45. The van der Waals surface area contributed by atoms with E-state index in [4.69, 9.17) is 0 Å². The number of aromatic nitrogens is 1. The third kappa shape index (κ3) is 7.63. The van der Waals surface area contributed by atoms with E-state index in [0.29, 0.717) is 18.5 Å². The first-order valence-corrected chi connectivity index (χ1v) is 15.0. The second-order valence-electron chi connectivity index (χ2n) is 11.4. The van der Waals surface area contributed by atoms with Crippen molar-refractivity contribution in [1.82, 2.24) is 14.8 Å². The Morgan fingerprint density at radius 2 is 1.36 bits per heavy atom. The van der Waals surface area contributed by atoms with E-state index in [1.54, 1.807) is 9.80 Å². The number of halogens is 3. The minimum atomic E-state index is -4.45. The molecule has 4 aromatic carbocycles. The Labute approximate surface area is 261 Å². The summed E-state index contributed by atoms with van der Waals surface area (Å²) >= 11 is 0. The molecule has 5 nitrogen and oxygen atoms in total. The van der Waals surface area contributed by atoms with Gasteiger partial charge in [-0.25, -0.2) is 0 Å². The number of fused-ring (bicyclic) bond motifs is 1. The molecule has 0 saturated heterocycles. The Morgan fingerprint density at radius 1 is 0.778 bits per heavy atom. The summed E-state index contributed by atoms with van der Waals surface area (Å²) in [7, 11) is 0. The lowest BCUT2D eigenvalue weighted by Gasteiger charge is -2.33. The second kappa shape index (κ2) is 13.8. The molecule has 0 bridgehead atoms. The molecule has 0 aliphatic heterocycles. The summed E-state index contributed by atoms with van der Waals surface area (Å²) in [4.78, 5) is 34.8. The van der Waals surface area contributed by atoms with Gasteiger partial charge in [0.1, 0.15) is 6.54 Å². The molecule has 0 aliphatic carbocycles. The number of nitrogens with one attached hydrogen (secondary N) is 1. The van der Waals surface area contributed by atoms with Crippen molar-refractivity contribution in [2.45, 2.75) is 44.9 Å². The quantitative estimate of drug-likeness (QED) is 0.166. The zero-order valence-corrected chi connectivity index (χ0v) is 25.3. The molecule has 8 heteroatoms. The second-order valence-corrected chi connectivity index (χ2v) is 11.4. The molecule has 1 N–H and O–H groups in total. The number of aromatic amines is 1. The van der Waals surface area contributed by atoms with Crippen molar-refractivity contribution < 1.29 is 22.8 Å². The van der Waals surface area contributed by atoms with Gasteiger partial charge in [0.25, 0.3) is 0 Å². The first kappa shape index (κ1) is 31.6. The minimum Gasteiger partial charge on any atom is -0.361 e. The summed E-state index contributed by atoms with van der Waals surface area (Å²) in [5.41, 5.74) is 3.50. The lowest BCUT2D eigenvalue weighted by atomic mass is 9.89. The van der Waals surface area contributed by atoms with Crippen molar-refractivity contribution in [3.05, 3.63) is 143 Å². The van der Waals surface area contributed by atoms with Gasteiger partial charge in [-0.15, -0.1) is 0 Å². The Kier molecular flexibility index (Phi) is 9.71. The number of carbonyl (C=O) groups is 2. The molecule has 0 aliphatic rings. The number of benzene rings is 4. The number of rotatable bonds is 11. The fourth-order valence-electron chi connectivity index (χ4n) is 5.60. The molecule has 0 fully saturated rings. The molecular weight excluding hydrogens is 575 g/mol. The van der Waals surface area contributed by atoms with Crippen LogP contribution in [0.25, 0.3) is 10.9 Å². The molecule has 45 heavy (non-hydrogen) atoms. The van der Waals surface area contributed by atoms with Gasteiger partial charge in [-0.2, -0.15) is 13.2 Å². The maximum Gasteiger partial charge on any atom is 0.416 e. The van der Waals surface area contributed by atoms with E-state index in [0.717, 1.165) is 39.7 Å². The molecule has 1 heterocycles. The number of H-pyrrole nitrogens is 1. The normalized spacial score (nSPS) is 11.7. The van der Waals surface area contributed by atoms with Gasteiger partial charge in [0.15, 0.2) is 0 Å². The summed E-state index contributed by atoms with van der Waals surface area (Å²) in [6.45, 7) is 4.03. The third-order valence-electron chi connectivity index (χ3n) is 8.06. The smallest absolute Gasteiger partial charge is 0.361 e. The molecular formula is C37H36F3N3O2. The molecule has 5 aromatic rings. The van der Waals surface area contributed by atoms with Gasteiger partial charge in [-0.3, -0.25) is 9.59 Å². The van der Waals surface area contributed by atoms with E-state index >= 15 is 0 Å². The van der Waals surface area contributed by atoms with Gasteiger partial charge in [-0.05, 0) is 60.7 Å². The maximum absolute atomic E-state index is 14.3. The number of carbonyl (C=O) groups excluding carboxylic acids is 2.